The molecule has 4 bridgehead atoms. The lowest BCUT2D eigenvalue weighted by Gasteiger charge is -2.58. The first-order valence-electron chi connectivity index (χ1n) is 15.4. The van der Waals surface area contributed by atoms with Crippen LogP contribution in [-0.4, -0.2) is 77.1 Å². The summed E-state index contributed by atoms with van der Waals surface area (Å²) in [7, 11) is 1.52. The topological polar surface area (TPSA) is 129 Å². The second kappa shape index (κ2) is 12.2. The zero-order chi connectivity index (χ0) is 29.6. The average molecular weight is 695 g/mol. The zero-order valence-corrected chi connectivity index (χ0v) is 26.4. The third kappa shape index (κ3) is 6.05. The van der Waals surface area contributed by atoms with Gasteiger partial charge in [0, 0.05) is 31.0 Å². The van der Waals surface area contributed by atoms with E-state index in [-0.39, 0.29) is 49.3 Å². The van der Waals surface area contributed by atoms with Gasteiger partial charge in [-0.05, 0) is 121 Å². The van der Waals surface area contributed by atoms with E-state index in [4.69, 9.17) is 9.47 Å². The molecule has 5 saturated carbocycles. The molecule has 5 fully saturated rings. The first kappa shape index (κ1) is 30.1. The van der Waals surface area contributed by atoms with E-state index in [1.807, 2.05) is 4.90 Å². The number of carbonyl (C=O) groups excluding carboxylic acids is 2. The Morgan fingerprint density at radius 1 is 1.10 bits per heavy atom. The fourth-order valence-corrected chi connectivity index (χ4v) is 9.46. The number of nitrogens with zero attached hydrogens (tertiary/aromatic N) is 1. The number of hydrogen-bond donors (Lipinski definition) is 4. The second-order valence-corrected chi connectivity index (χ2v) is 14.6. The number of rotatable bonds is 11. The monoisotopic (exact) mass is 694 g/mol. The number of aliphatic hydroxyl groups excluding tert-OH is 3. The predicted molar refractivity (Wildman–Crippen MR) is 164 cm³/mol. The van der Waals surface area contributed by atoms with Crippen LogP contribution in [0.5, 0.6) is 11.5 Å². The molecular formula is C32H43IN2O7. The fourth-order valence-electron chi connectivity index (χ4n) is 8.66. The molecule has 6 aliphatic carbocycles. The molecular weight excluding hydrogens is 651 g/mol. The number of halogens is 1. The van der Waals surface area contributed by atoms with E-state index >= 15 is 0 Å². The summed E-state index contributed by atoms with van der Waals surface area (Å²) < 4.78 is 12.7. The maximum Gasteiger partial charge on any atom is 0.247 e. The van der Waals surface area contributed by atoms with Crippen molar-refractivity contribution in [2.45, 2.75) is 82.6 Å². The normalized spacial score (nSPS) is 33.2. The lowest BCUT2D eigenvalue weighted by atomic mass is 9.49. The summed E-state index contributed by atoms with van der Waals surface area (Å²) >= 11 is 2.11. The second-order valence-electron chi connectivity index (χ2n) is 13.4. The van der Waals surface area contributed by atoms with Crippen molar-refractivity contribution in [2.75, 3.05) is 26.8 Å². The van der Waals surface area contributed by atoms with Crippen LogP contribution in [0.25, 0.3) is 0 Å². The molecule has 3 atom stereocenters. The first-order valence-corrected chi connectivity index (χ1v) is 16.5. The number of benzene rings is 1. The highest BCUT2D eigenvalue weighted by molar-refractivity contribution is 14.1. The summed E-state index contributed by atoms with van der Waals surface area (Å²) in [5.74, 6) is 2.76. The van der Waals surface area contributed by atoms with Crippen LogP contribution in [0.2, 0.25) is 0 Å². The molecule has 1 aromatic carbocycles. The fraction of sp³-hybridized carbons (Fsp3) is 0.688. The van der Waals surface area contributed by atoms with E-state index in [9.17, 15) is 24.9 Å². The minimum atomic E-state index is -1.06. The van der Waals surface area contributed by atoms with E-state index in [0.29, 0.717) is 32.8 Å². The van der Waals surface area contributed by atoms with Gasteiger partial charge in [-0.3, -0.25) is 9.59 Å². The Morgan fingerprint density at radius 2 is 1.76 bits per heavy atom. The van der Waals surface area contributed by atoms with Crippen molar-refractivity contribution in [1.82, 2.24) is 10.2 Å². The van der Waals surface area contributed by atoms with Crippen molar-refractivity contribution in [3.8, 4) is 11.5 Å². The van der Waals surface area contributed by atoms with Crippen molar-refractivity contribution < 1.29 is 34.4 Å². The number of ether oxygens (including phenoxy) is 2. The number of aliphatic hydroxyl groups is 3. The van der Waals surface area contributed by atoms with Crippen LogP contribution in [-0.2, 0) is 16.2 Å². The SMILES string of the molecule is COc1cc(CO)cc(I)c1O[C@H]1C=C(C(=O)NCCO)C[C@@H](N(CC23CC4CC(CC(C4)C2)C3)C(=O)C2CC2)[C@@H]1O. The maximum absolute atomic E-state index is 14.0. The molecule has 2 amide bonds. The third-order valence-corrected chi connectivity index (χ3v) is 11.0. The zero-order valence-electron chi connectivity index (χ0n) is 24.3. The predicted octanol–water partition coefficient (Wildman–Crippen LogP) is 3.16. The molecule has 7 rings (SSSR count). The Hall–Kier alpha value is -1.89. The van der Waals surface area contributed by atoms with E-state index in [0.717, 1.165) is 49.9 Å². The smallest absolute Gasteiger partial charge is 0.247 e. The quantitative estimate of drug-likeness (QED) is 0.262. The van der Waals surface area contributed by atoms with Crippen LogP contribution in [0.4, 0.5) is 0 Å². The molecule has 0 heterocycles. The summed E-state index contributed by atoms with van der Waals surface area (Å²) in [6.07, 6.45) is 8.99. The Labute approximate surface area is 261 Å². The van der Waals surface area contributed by atoms with Crippen LogP contribution in [0.3, 0.4) is 0 Å². The van der Waals surface area contributed by atoms with Crippen LogP contribution in [0, 0.1) is 32.7 Å². The molecule has 42 heavy (non-hydrogen) atoms. The van der Waals surface area contributed by atoms with Crippen LogP contribution >= 0.6 is 22.6 Å². The maximum atomic E-state index is 14.0. The van der Waals surface area contributed by atoms with Crippen molar-refractivity contribution in [3.05, 3.63) is 32.9 Å². The van der Waals surface area contributed by atoms with Crippen molar-refractivity contribution in [2.24, 2.45) is 29.1 Å². The minimum absolute atomic E-state index is 0.0184. The number of amides is 2. The summed E-state index contributed by atoms with van der Waals surface area (Å²) in [4.78, 5) is 29.2. The summed E-state index contributed by atoms with van der Waals surface area (Å²) in [5.41, 5.74) is 1.18. The number of hydrogen-bond acceptors (Lipinski definition) is 7. The van der Waals surface area contributed by atoms with Crippen LogP contribution < -0.4 is 14.8 Å². The Morgan fingerprint density at radius 3 is 2.33 bits per heavy atom. The van der Waals surface area contributed by atoms with Gasteiger partial charge in [0.15, 0.2) is 11.5 Å². The lowest BCUT2D eigenvalue weighted by Crippen LogP contribution is -2.60. The van der Waals surface area contributed by atoms with Gasteiger partial charge in [-0.1, -0.05) is 0 Å². The Balaban J connectivity index is 1.33. The molecule has 230 valence electrons. The summed E-state index contributed by atoms with van der Waals surface area (Å²) in [5, 5.41) is 33.7. The molecule has 9 nitrogen and oxygen atoms in total. The molecule has 0 spiro atoms. The molecule has 0 aliphatic heterocycles. The highest BCUT2D eigenvalue weighted by Crippen LogP contribution is 2.60. The Bertz CT molecular complexity index is 1200. The van der Waals surface area contributed by atoms with Gasteiger partial charge in [-0.2, -0.15) is 0 Å². The molecule has 6 aliphatic rings. The van der Waals surface area contributed by atoms with Gasteiger partial charge in [-0.25, -0.2) is 0 Å². The largest absolute Gasteiger partial charge is 0.493 e. The number of carbonyl (C=O) groups is 2. The summed E-state index contributed by atoms with van der Waals surface area (Å²) in [6, 6.07) is 2.87. The standard InChI is InChI=1S/C32H43IN2O7/c1-41-27-10-21(16-37)9-24(33)29(27)42-26-12-23(30(39)34-4-5-36)11-25(28(26)38)35(31(40)22-2-3-22)17-32-13-18-6-19(14-32)8-20(7-18)15-32/h9-10,12,18-20,22,25-26,28,36-38H,2-8,11,13-17H2,1H3,(H,34,39)/t18?,19?,20?,25-,26+,28+,32?/m1/s1. The lowest BCUT2D eigenvalue weighted by molar-refractivity contribution is -0.148. The Kier molecular flexibility index (Phi) is 8.79. The molecule has 0 radical (unpaired) electrons. The van der Waals surface area contributed by atoms with Gasteiger partial charge in [-0.15, -0.1) is 0 Å². The molecule has 10 heteroatoms. The van der Waals surface area contributed by atoms with Gasteiger partial charge >= 0.3 is 0 Å². The molecule has 0 aromatic heterocycles. The minimum Gasteiger partial charge on any atom is -0.493 e. The average Bonchev–Trinajstić information content (AvgIpc) is 3.81. The van der Waals surface area contributed by atoms with Crippen molar-refractivity contribution in [1.29, 1.82) is 0 Å². The molecule has 1 aromatic rings. The molecule has 4 N–H and O–H groups in total. The van der Waals surface area contributed by atoms with E-state index in [1.165, 1.54) is 26.4 Å². The van der Waals surface area contributed by atoms with Gasteiger partial charge in [0.25, 0.3) is 0 Å². The van der Waals surface area contributed by atoms with Gasteiger partial charge in [0.2, 0.25) is 11.8 Å². The van der Waals surface area contributed by atoms with Gasteiger partial charge < -0.3 is 35.0 Å². The van der Waals surface area contributed by atoms with Crippen molar-refractivity contribution in [3.63, 3.8) is 0 Å². The van der Waals surface area contributed by atoms with E-state index in [1.54, 1.807) is 18.2 Å². The van der Waals surface area contributed by atoms with E-state index in [2.05, 4.69) is 27.9 Å². The highest BCUT2D eigenvalue weighted by atomic mass is 127. The molecule has 0 saturated heterocycles. The molecule has 0 unspecified atom stereocenters. The van der Waals surface area contributed by atoms with Crippen LogP contribution in [0.1, 0.15) is 63.4 Å². The highest BCUT2D eigenvalue weighted by Gasteiger charge is 2.54. The van der Waals surface area contributed by atoms with Crippen molar-refractivity contribution >= 4 is 34.4 Å². The third-order valence-electron chi connectivity index (χ3n) is 10.2. The first-order chi connectivity index (χ1) is 20.2. The van der Waals surface area contributed by atoms with Gasteiger partial charge in [0.1, 0.15) is 12.2 Å². The number of nitrogens with one attached hydrogen (secondary N) is 1. The van der Waals surface area contributed by atoms with Gasteiger partial charge in [0.05, 0.1) is 29.9 Å². The van der Waals surface area contributed by atoms with Crippen LogP contribution in [0.15, 0.2) is 23.8 Å². The van der Waals surface area contributed by atoms with E-state index < -0.39 is 18.2 Å². The number of methoxy groups -OCH3 is 1. The summed E-state index contributed by atoms with van der Waals surface area (Å²) in [6.45, 7) is 0.396.